The van der Waals surface area contributed by atoms with Crippen molar-refractivity contribution in [2.45, 2.75) is 57.4 Å². The lowest BCUT2D eigenvalue weighted by molar-refractivity contribution is -0.142. The van der Waals surface area contributed by atoms with E-state index in [0.717, 1.165) is 48.6 Å². The second-order valence-corrected chi connectivity index (χ2v) is 8.29. The second-order valence-electron chi connectivity index (χ2n) is 8.29. The lowest BCUT2D eigenvalue weighted by atomic mass is 9.62. The molecule has 3 heterocycles. The highest BCUT2D eigenvalue weighted by Gasteiger charge is 2.49. The van der Waals surface area contributed by atoms with Gasteiger partial charge in [0.2, 0.25) is 5.91 Å². The van der Waals surface area contributed by atoms with Crippen LogP contribution in [0.15, 0.2) is 30.5 Å². The third-order valence-electron chi connectivity index (χ3n) is 6.62. The van der Waals surface area contributed by atoms with Crippen LogP contribution in [0.5, 0.6) is 0 Å². The zero-order valence-electron chi connectivity index (χ0n) is 16.9. The Hall–Kier alpha value is -2.96. The molecule has 0 radical (unpaired) electrons. The third-order valence-corrected chi connectivity index (χ3v) is 6.62. The van der Waals surface area contributed by atoms with Gasteiger partial charge in [0.1, 0.15) is 5.82 Å². The number of amides is 1. The van der Waals surface area contributed by atoms with Gasteiger partial charge in [-0.25, -0.2) is 4.98 Å². The van der Waals surface area contributed by atoms with Crippen LogP contribution in [-0.4, -0.2) is 42.7 Å². The normalized spacial score (nSPS) is 20.2. The summed E-state index contributed by atoms with van der Waals surface area (Å²) in [6.07, 6.45) is 5.55. The minimum Gasteiger partial charge on any atom is -0.336 e. The number of aromatic nitrogens is 5. The lowest BCUT2D eigenvalue weighted by Gasteiger charge is -2.46. The smallest absolute Gasteiger partial charge is 0.233 e. The summed E-state index contributed by atoms with van der Waals surface area (Å²) < 4.78 is 0. The van der Waals surface area contributed by atoms with Gasteiger partial charge in [-0.3, -0.25) is 15.0 Å². The number of rotatable bonds is 4. The molecule has 7 nitrogen and oxygen atoms in total. The van der Waals surface area contributed by atoms with Gasteiger partial charge in [0, 0.05) is 25.1 Å². The summed E-state index contributed by atoms with van der Waals surface area (Å²) in [5, 5.41) is 14.8. The molecule has 0 spiro atoms. The molecule has 1 atom stereocenters. The summed E-state index contributed by atoms with van der Waals surface area (Å²) in [4.78, 5) is 20.5. The van der Waals surface area contributed by atoms with Crippen LogP contribution in [0.1, 0.15) is 66.1 Å². The fourth-order valence-corrected chi connectivity index (χ4v) is 4.86. The van der Waals surface area contributed by atoms with Crippen LogP contribution in [0.3, 0.4) is 0 Å². The molecule has 1 amide bonds. The first-order chi connectivity index (χ1) is 14.1. The van der Waals surface area contributed by atoms with Crippen molar-refractivity contribution >= 4 is 5.91 Å². The molecule has 1 fully saturated rings. The SMILES string of the molecule is CCc1nc(C2CN(C(=O)C3(c4ccccc4C)CCC3)Cc3cn[nH]c32)n[nH]1. The van der Waals surface area contributed by atoms with E-state index in [1.807, 2.05) is 30.2 Å². The molecule has 1 aromatic carbocycles. The molecule has 3 aromatic rings. The van der Waals surface area contributed by atoms with Gasteiger partial charge >= 0.3 is 0 Å². The molecular formula is C22H26N6O. The molecule has 1 unspecified atom stereocenters. The molecule has 5 rings (SSSR count). The number of carbonyl (C=O) groups is 1. The number of H-pyrrole nitrogens is 2. The Balaban J connectivity index is 1.50. The lowest BCUT2D eigenvalue weighted by Crippen LogP contribution is -2.53. The maximum absolute atomic E-state index is 13.9. The van der Waals surface area contributed by atoms with Gasteiger partial charge in [0.25, 0.3) is 0 Å². The van der Waals surface area contributed by atoms with Crippen LogP contribution in [-0.2, 0) is 23.2 Å². The van der Waals surface area contributed by atoms with E-state index >= 15 is 0 Å². The van der Waals surface area contributed by atoms with Crippen LogP contribution < -0.4 is 0 Å². The quantitative estimate of drug-likeness (QED) is 0.716. The first kappa shape index (κ1) is 18.1. The minimum absolute atomic E-state index is 0.0873. The van der Waals surface area contributed by atoms with E-state index in [1.54, 1.807) is 0 Å². The Kier molecular flexibility index (Phi) is 4.26. The van der Waals surface area contributed by atoms with E-state index in [4.69, 9.17) is 0 Å². The Labute approximate surface area is 169 Å². The Morgan fingerprint density at radius 3 is 2.79 bits per heavy atom. The summed E-state index contributed by atoms with van der Waals surface area (Å²) in [6.45, 7) is 5.31. The standard InChI is InChI=1S/C22H26N6O/c1-3-18-24-20(27-25-18)16-13-28(12-15-11-23-26-19(15)16)21(29)22(9-6-10-22)17-8-5-4-7-14(17)2/h4-5,7-8,11,16H,3,6,9-10,12-13H2,1-2H3,(H,23,26)(H,24,25,27). The van der Waals surface area contributed by atoms with Gasteiger partial charge in [-0.2, -0.15) is 10.2 Å². The van der Waals surface area contributed by atoms with E-state index in [1.165, 1.54) is 11.1 Å². The predicted molar refractivity (Wildman–Crippen MR) is 108 cm³/mol. The van der Waals surface area contributed by atoms with Crippen LogP contribution in [0, 0.1) is 6.92 Å². The summed E-state index contributed by atoms with van der Waals surface area (Å²) in [5.74, 6) is 1.72. The molecule has 2 aromatic heterocycles. The van der Waals surface area contributed by atoms with E-state index in [-0.39, 0.29) is 11.8 Å². The number of benzene rings is 1. The zero-order chi connectivity index (χ0) is 20.0. The number of aromatic amines is 2. The van der Waals surface area contributed by atoms with Crippen molar-refractivity contribution in [3.63, 3.8) is 0 Å². The summed E-state index contributed by atoms with van der Waals surface area (Å²) in [5.41, 5.74) is 4.05. The number of nitrogens with zero attached hydrogens (tertiary/aromatic N) is 4. The molecule has 2 aliphatic rings. The van der Waals surface area contributed by atoms with Crippen molar-refractivity contribution in [2.75, 3.05) is 6.54 Å². The predicted octanol–water partition coefficient (Wildman–Crippen LogP) is 2.99. The third kappa shape index (κ3) is 2.79. The number of nitrogens with one attached hydrogen (secondary N) is 2. The van der Waals surface area contributed by atoms with E-state index in [2.05, 4.69) is 44.4 Å². The van der Waals surface area contributed by atoms with Crippen molar-refractivity contribution in [1.82, 2.24) is 30.3 Å². The van der Waals surface area contributed by atoms with Crippen LogP contribution in [0.4, 0.5) is 0 Å². The molecular weight excluding hydrogens is 364 g/mol. The van der Waals surface area contributed by atoms with Gasteiger partial charge in [0.05, 0.1) is 23.2 Å². The van der Waals surface area contributed by atoms with Crippen LogP contribution in [0.25, 0.3) is 0 Å². The van der Waals surface area contributed by atoms with Crippen molar-refractivity contribution in [3.8, 4) is 0 Å². The first-order valence-electron chi connectivity index (χ1n) is 10.4. The van der Waals surface area contributed by atoms with Crippen molar-refractivity contribution in [2.24, 2.45) is 0 Å². The topological polar surface area (TPSA) is 90.6 Å². The molecule has 1 aliphatic heterocycles. The summed E-state index contributed by atoms with van der Waals surface area (Å²) >= 11 is 0. The van der Waals surface area contributed by atoms with Gasteiger partial charge in [0.15, 0.2) is 5.82 Å². The highest BCUT2D eigenvalue weighted by Crippen LogP contribution is 2.47. The average Bonchev–Trinajstić information content (AvgIpc) is 3.37. The van der Waals surface area contributed by atoms with Gasteiger partial charge in [-0.05, 0) is 30.9 Å². The number of hydrogen-bond donors (Lipinski definition) is 2. The highest BCUT2D eigenvalue weighted by molar-refractivity contribution is 5.90. The molecule has 1 saturated carbocycles. The first-order valence-corrected chi connectivity index (χ1v) is 10.4. The largest absolute Gasteiger partial charge is 0.336 e. The maximum Gasteiger partial charge on any atom is 0.233 e. The number of hydrogen-bond acceptors (Lipinski definition) is 4. The molecule has 0 bridgehead atoms. The number of fused-ring (bicyclic) bond motifs is 1. The monoisotopic (exact) mass is 390 g/mol. The highest BCUT2D eigenvalue weighted by atomic mass is 16.2. The molecule has 0 saturated heterocycles. The summed E-state index contributed by atoms with van der Waals surface area (Å²) in [7, 11) is 0. The molecule has 150 valence electrons. The minimum atomic E-state index is -0.398. The molecule has 29 heavy (non-hydrogen) atoms. The van der Waals surface area contributed by atoms with Gasteiger partial charge < -0.3 is 4.90 Å². The van der Waals surface area contributed by atoms with Crippen molar-refractivity contribution in [1.29, 1.82) is 0 Å². The van der Waals surface area contributed by atoms with E-state index < -0.39 is 5.41 Å². The van der Waals surface area contributed by atoms with Crippen LogP contribution >= 0.6 is 0 Å². The van der Waals surface area contributed by atoms with E-state index in [0.29, 0.717) is 13.1 Å². The Morgan fingerprint density at radius 1 is 1.28 bits per heavy atom. The fraction of sp³-hybridized carbons (Fsp3) is 0.455. The zero-order valence-corrected chi connectivity index (χ0v) is 16.9. The Morgan fingerprint density at radius 2 is 2.10 bits per heavy atom. The number of aryl methyl sites for hydroxylation is 2. The molecule has 1 aliphatic carbocycles. The van der Waals surface area contributed by atoms with E-state index in [9.17, 15) is 4.79 Å². The molecule has 2 N–H and O–H groups in total. The van der Waals surface area contributed by atoms with Gasteiger partial charge in [-0.15, -0.1) is 0 Å². The van der Waals surface area contributed by atoms with Crippen molar-refractivity contribution in [3.05, 3.63) is 64.5 Å². The maximum atomic E-state index is 13.9. The second kappa shape index (κ2) is 6.83. The van der Waals surface area contributed by atoms with Crippen LogP contribution in [0.2, 0.25) is 0 Å². The summed E-state index contributed by atoms with van der Waals surface area (Å²) in [6, 6.07) is 8.32. The van der Waals surface area contributed by atoms with Gasteiger partial charge in [-0.1, -0.05) is 37.6 Å². The molecule has 7 heteroatoms. The average molecular weight is 390 g/mol. The van der Waals surface area contributed by atoms with Crippen molar-refractivity contribution < 1.29 is 4.79 Å². The Bertz CT molecular complexity index is 1050. The fourth-order valence-electron chi connectivity index (χ4n) is 4.86. The number of carbonyl (C=O) groups excluding carboxylic acids is 1.